The van der Waals surface area contributed by atoms with Gasteiger partial charge in [-0.25, -0.2) is 8.78 Å². The van der Waals surface area contributed by atoms with E-state index < -0.39 is 11.6 Å². The molecule has 0 amide bonds. The van der Waals surface area contributed by atoms with E-state index in [2.05, 4.69) is 5.32 Å². The highest BCUT2D eigenvalue weighted by molar-refractivity contribution is 5.19. The number of ether oxygens (including phenoxy) is 1. The first-order chi connectivity index (χ1) is 8.69. The zero-order chi connectivity index (χ0) is 13.0. The summed E-state index contributed by atoms with van der Waals surface area (Å²) < 4.78 is 31.7. The van der Waals surface area contributed by atoms with Crippen molar-refractivity contribution in [2.45, 2.75) is 25.8 Å². The number of rotatable bonds is 5. The Kier molecular flexibility index (Phi) is 4.66. The standard InChI is InChI=1S/C14H19F2NO/c1-2-17-14(11-3-4-18-9-11)7-10-5-12(15)8-13(16)6-10/h5-6,8,11,14,17H,2-4,7,9H2,1H3. The maximum Gasteiger partial charge on any atom is 0.126 e. The third-order valence-electron chi connectivity index (χ3n) is 3.38. The molecular formula is C14H19F2NO. The SMILES string of the molecule is CCNC(Cc1cc(F)cc(F)c1)C1CCOC1. The molecule has 1 aliphatic heterocycles. The van der Waals surface area contributed by atoms with Crippen LogP contribution >= 0.6 is 0 Å². The Hall–Kier alpha value is -1.00. The molecule has 0 bridgehead atoms. The summed E-state index contributed by atoms with van der Waals surface area (Å²) in [6.45, 7) is 4.40. The molecule has 1 heterocycles. The van der Waals surface area contributed by atoms with Gasteiger partial charge in [-0.05, 0) is 37.1 Å². The van der Waals surface area contributed by atoms with E-state index in [4.69, 9.17) is 4.74 Å². The lowest BCUT2D eigenvalue weighted by molar-refractivity contribution is 0.176. The summed E-state index contributed by atoms with van der Waals surface area (Å²) in [5.41, 5.74) is 0.699. The van der Waals surface area contributed by atoms with Crippen LogP contribution in [0, 0.1) is 17.6 Å². The molecule has 18 heavy (non-hydrogen) atoms. The first-order valence-electron chi connectivity index (χ1n) is 6.45. The van der Waals surface area contributed by atoms with Crippen LogP contribution in [0.5, 0.6) is 0 Å². The summed E-state index contributed by atoms with van der Waals surface area (Å²) in [5, 5.41) is 3.39. The van der Waals surface area contributed by atoms with Gasteiger partial charge in [-0.2, -0.15) is 0 Å². The number of hydrogen-bond acceptors (Lipinski definition) is 2. The highest BCUT2D eigenvalue weighted by Crippen LogP contribution is 2.20. The van der Waals surface area contributed by atoms with Crippen molar-refractivity contribution in [2.75, 3.05) is 19.8 Å². The smallest absolute Gasteiger partial charge is 0.126 e. The Labute approximate surface area is 106 Å². The Balaban J connectivity index is 2.07. The van der Waals surface area contributed by atoms with Gasteiger partial charge < -0.3 is 10.1 Å². The van der Waals surface area contributed by atoms with E-state index in [1.54, 1.807) is 0 Å². The Morgan fingerprint density at radius 3 is 2.61 bits per heavy atom. The monoisotopic (exact) mass is 255 g/mol. The maximum absolute atomic E-state index is 13.2. The number of benzene rings is 1. The van der Waals surface area contributed by atoms with Crippen LogP contribution in [0.15, 0.2) is 18.2 Å². The minimum atomic E-state index is -0.511. The van der Waals surface area contributed by atoms with Gasteiger partial charge in [0.05, 0.1) is 6.61 Å². The van der Waals surface area contributed by atoms with Crippen LogP contribution in [-0.2, 0) is 11.2 Å². The van der Waals surface area contributed by atoms with Gasteiger partial charge in [-0.15, -0.1) is 0 Å². The first-order valence-corrected chi connectivity index (χ1v) is 6.45. The van der Waals surface area contributed by atoms with E-state index in [1.807, 2.05) is 6.92 Å². The maximum atomic E-state index is 13.2. The van der Waals surface area contributed by atoms with E-state index in [0.29, 0.717) is 17.9 Å². The average Bonchev–Trinajstić information content (AvgIpc) is 2.80. The predicted octanol–water partition coefficient (Wildman–Crippen LogP) is 2.52. The fraction of sp³-hybridized carbons (Fsp3) is 0.571. The molecule has 2 rings (SSSR count). The molecule has 1 fully saturated rings. The van der Waals surface area contributed by atoms with Crippen LogP contribution in [0.1, 0.15) is 18.9 Å². The van der Waals surface area contributed by atoms with Gasteiger partial charge in [-0.3, -0.25) is 0 Å². The van der Waals surface area contributed by atoms with Crippen molar-refractivity contribution < 1.29 is 13.5 Å². The van der Waals surface area contributed by atoms with Crippen molar-refractivity contribution in [3.8, 4) is 0 Å². The van der Waals surface area contributed by atoms with Gasteiger partial charge in [0.1, 0.15) is 11.6 Å². The Morgan fingerprint density at radius 1 is 1.33 bits per heavy atom. The third-order valence-corrected chi connectivity index (χ3v) is 3.38. The molecular weight excluding hydrogens is 236 g/mol. The van der Waals surface area contributed by atoms with Gasteiger partial charge in [0, 0.05) is 24.6 Å². The largest absolute Gasteiger partial charge is 0.381 e. The van der Waals surface area contributed by atoms with Crippen LogP contribution in [0.2, 0.25) is 0 Å². The number of likely N-dealkylation sites (N-methyl/N-ethyl adjacent to an activating group) is 1. The molecule has 100 valence electrons. The Morgan fingerprint density at radius 2 is 2.06 bits per heavy atom. The molecule has 1 aromatic rings. The number of hydrogen-bond donors (Lipinski definition) is 1. The van der Waals surface area contributed by atoms with Gasteiger partial charge in [0.2, 0.25) is 0 Å². The van der Waals surface area contributed by atoms with Gasteiger partial charge in [0.25, 0.3) is 0 Å². The fourth-order valence-corrected chi connectivity index (χ4v) is 2.52. The molecule has 1 saturated heterocycles. The highest BCUT2D eigenvalue weighted by atomic mass is 19.1. The van der Waals surface area contributed by atoms with E-state index in [1.165, 1.54) is 12.1 Å². The van der Waals surface area contributed by atoms with Crippen molar-refractivity contribution in [1.82, 2.24) is 5.32 Å². The lowest BCUT2D eigenvalue weighted by Gasteiger charge is -2.23. The second-order valence-electron chi connectivity index (χ2n) is 4.77. The van der Waals surface area contributed by atoms with E-state index >= 15 is 0 Å². The molecule has 0 aromatic heterocycles. The summed E-state index contributed by atoms with van der Waals surface area (Å²) in [7, 11) is 0. The van der Waals surface area contributed by atoms with E-state index in [9.17, 15) is 8.78 Å². The summed E-state index contributed by atoms with van der Waals surface area (Å²) in [5.74, 6) is -0.595. The zero-order valence-electron chi connectivity index (χ0n) is 10.6. The second-order valence-corrected chi connectivity index (χ2v) is 4.77. The minimum absolute atomic E-state index is 0.221. The molecule has 0 spiro atoms. The molecule has 0 saturated carbocycles. The Bertz CT molecular complexity index is 371. The van der Waals surface area contributed by atoms with Crippen molar-refractivity contribution in [3.63, 3.8) is 0 Å². The molecule has 1 aromatic carbocycles. The van der Waals surface area contributed by atoms with Crippen LogP contribution in [0.3, 0.4) is 0 Å². The molecule has 2 atom stereocenters. The second kappa shape index (κ2) is 6.25. The number of nitrogens with one attached hydrogen (secondary N) is 1. The lowest BCUT2D eigenvalue weighted by Crippen LogP contribution is -2.38. The van der Waals surface area contributed by atoms with Crippen molar-refractivity contribution in [2.24, 2.45) is 5.92 Å². The molecule has 2 nitrogen and oxygen atoms in total. The highest BCUT2D eigenvalue weighted by Gasteiger charge is 2.25. The van der Waals surface area contributed by atoms with Gasteiger partial charge in [-0.1, -0.05) is 6.92 Å². The summed E-state index contributed by atoms with van der Waals surface area (Å²) in [6, 6.07) is 3.94. The first kappa shape index (κ1) is 13.4. The lowest BCUT2D eigenvalue weighted by atomic mass is 9.92. The van der Waals surface area contributed by atoms with Crippen molar-refractivity contribution in [1.29, 1.82) is 0 Å². The van der Waals surface area contributed by atoms with Crippen LogP contribution in [0.25, 0.3) is 0 Å². The molecule has 2 unspecified atom stereocenters. The van der Waals surface area contributed by atoms with E-state index in [0.717, 1.165) is 32.2 Å². The minimum Gasteiger partial charge on any atom is -0.381 e. The fourth-order valence-electron chi connectivity index (χ4n) is 2.52. The topological polar surface area (TPSA) is 21.3 Å². The quantitative estimate of drug-likeness (QED) is 0.873. The van der Waals surface area contributed by atoms with Crippen LogP contribution < -0.4 is 5.32 Å². The van der Waals surface area contributed by atoms with Gasteiger partial charge >= 0.3 is 0 Å². The molecule has 4 heteroatoms. The predicted molar refractivity (Wildman–Crippen MR) is 66.5 cm³/mol. The molecule has 1 aliphatic rings. The molecule has 0 aliphatic carbocycles. The van der Waals surface area contributed by atoms with Crippen LogP contribution in [0.4, 0.5) is 8.78 Å². The normalized spacial score (nSPS) is 21.2. The van der Waals surface area contributed by atoms with E-state index in [-0.39, 0.29) is 6.04 Å². The summed E-state index contributed by atoms with van der Waals surface area (Å²) >= 11 is 0. The van der Waals surface area contributed by atoms with Crippen LogP contribution in [-0.4, -0.2) is 25.8 Å². The van der Waals surface area contributed by atoms with Crippen molar-refractivity contribution >= 4 is 0 Å². The average molecular weight is 255 g/mol. The van der Waals surface area contributed by atoms with Crippen molar-refractivity contribution in [3.05, 3.63) is 35.4 Å². The van der Waals surface area contributed by atoms with Gasteiger partial charge in [0.15, 0.2) is 0 Å². The zero-order valence-corrected chi connectivity index (χ0v) is 10.6. The molecule has 1 N–H and O–H groups in total. The molecule has 0 radical (unpaired) electrons. The number of halogens is 2. The summed E-state index contributed by atoms with van der Waals surface area (Å²) in [4.78, 5) is 0. The third kappa shape index (κ3) is 3.50. The summed E-state index contributed by atoms with van der Waals surface area (Å²) in [6.07, 6.45) is 1.64.